The van der Waals surface area contributed by atoms with Gasteiger partial charge in [0.2, 0.25) is 15.8 Å². The molecule has 0 atom stereocenters. The monoisotopic (exact) mass is 470 g/mol. The molecule has 0 saturated carbocycles. The van der Waals surface area contributed by atoms with E-state index in [4.69, 9.17) is 9.26 Å². The van der Waals surface area contributed by atoms with Crippen molar-refractivity contribution in [2.24, 2.45) is 0 Å². The van der Waals surface area contributed by atoms with Crippen LogP contribution in [-0.2, 0) is 21.4 Å². The van der Waals surface area contributed by atoms with E-state index in [1.54, 1.807) is 6.07 Å². The summed E-state index contributed by atoms with van der Waals surface area (Å²) in [6.45, 7) is 3.36. The SMILES string of the molecule is Cc1ccc(-c2noc(COC(=O)c3cc(S(=O)(=O)N(C)C)ccc3N3CCCC3)n2)cc1. The van der Waals surface area contributed by atoms with Gasteiger partial charge in [-0.1, -0.05) is 35.0 Å². The van der Waals surface area contributed by atoms with E-state index in [9.17, 15) is 13.2 Å². The lowest BCUT2D eigenvalue weighted by atomic mass is 10.1. The van der Waals surface area contributed by atoms with E-state index in [1.165, 1.54) is 26.2 Å². The molecular formula is C23H26N4O5S. The van der Waals surface area contributed by atoms with Gasteiger partial charge < -0.3 is 14.2 Å². The highest BCUT2D eigenvalue weighted by atomic mass is 32.2. The zero-order valence-corrected chi connectivity index (χ0v) is 19.6. The molecule has 0 unspecified atom stereocenters. The third-order valence-electron chi connectivity index (χ3n) is 5.52. The number of benzene rings is 2. The molecule has 1 fully saturated rings. The minimum Gasteiger partial charge on any atom is -0.452 e. The van der Waals surface area contributed by atoms with Crippen LogP contribution in [-0.4, -0.2) is 56.0 Å². The number of esters is 1. The molecule has 1 aliphatic heterocycles. The Morgan fingerprint density at radius 3 is 2.48 bits per heavy atom. The number of sulfonamides is 1. The first kappa shape index (κ1) is 22.9. The highest BCUT2D eigenvalue weighted by Gasteiger charge is 2.25. The van der Waals surface area contributed by atoms with Crippen LogP contribution in [0, 0.1) is 6.92 Å². The lowest BCUT2D eigenvalue weighted by Crippen LogP contribution is -2.24. The first-order chi connectivity index (χ1) is 15.8. The summed E-state index contributed by atoms with van der Waals surface area (Å²) in [7, 11) is -0.810. The van der Waals surface area contributed by atoms with Gasteiger partial charge in [-0.05, 0) is 38.0 Å². The maximum absolute atomic E-state index is 13.0. The normalized spacial score (nSPS) is 14.1. The fraction of sp³-hybridized carbons (Fsp3) is 0.348. The molecule has 0 amide bonds. The maximum atomic E-state index is 13.0. The summed E-state index contributed by atoms with van der Waals surface area (Å²) >= 11 is 0. The molecule has 0 N–H and O–H groups in total. The number of anilines is 1. The molecule has 0 radical (unpaired) electrons. The third kappa shape index (κ3) is 4.91. The number of hydrogen-bond donors (Lipinski definition) is 0. The van der Waals surface area contributed by atoms with Crippen molar-refractivity contribution in [3.05, 3.63) is 59.5 Å². The first-order valence-corrected chi connectivity index (χ1v) is 12.1. The standard InChI is InChI=1S/C23H26N4O5S/c1-16-6-8-17(9-7-16)22-24-21(32-25-22)15-31-23(28)19-14-18(33(29,30)26(2)3)10-11-20(19)27-12-4-5-13-27/h6-11,14H,4-5,12-13,15H2,1-3H3. The topological polar surface area (TPSA) is 106 Å². The summed E-state index contributed by atoms with van der Waals surface area (Å²) < 4.78 is 37.0. The molecule has 33 heavy (non-hydrogen) atoms. The molecule has 2 aromatic carbocycles. The lowest BCUT2D eigenvalue weighted by Gasteiger charge is -2.22. The molecule has 0 bridgehead atoms. The van der Waals surface area contributed by atoms with Crippen molar-refractivity contribution in [1.29, 1.82) is 0 Å². The van der Waals surface area contributed by atoms with Gasteiger partial charge in [0.25, 0.3) is 5.89 Å². The highest BCUT2D eigenvalue weighted by molar-refractivity contribution is 7.89. The molecule has 1 saturated heterocycles. The largest absolute Gasteiger partial charge is 0.452 e. The van der Waals surface area contributed by atoms with Gasteiger partial charge >= 0.3 is 5.97 Å². The molecule has 9 nitrogen and oxygen atoms in total. The van der Waals surface area contributed by atoms with Crippen LogP contribution in [0.3, 0.4) is 0 Å². The second-order valence-electron chi connectivity index (χ2n) is 8.11. The second kappa shape index (κ2) is 9.32. The number of ether oxygens (including phenoxy) is 1. The van der Waals surface area contributed by atoms with Crippen molar-refractivity contribution < 1.29 is 22.5 Å². The van der Waals surface area contributed by atoms with Gasteiger partial charge in [-0.2, -0.15) is 4.98 Å². The Hall–Kier alpha value is -3.24. The predicted molar refractivity (Wildman–Crippen MR) is 122 cm³/mol. The third-order valence-corrected chi connectivity index (χ3v) is 7.33. The fourth-order valence-corrected chi connectivity index (χ4v) is 4.55. The quantitative estimate of drug-likeness (QED) is 0.485. The Morgan fingerprint density at radius 1 is 1.12 bits per heavy atom. The summed E-state index contributed by atoms with van der Waals surface area (Å²) in [4.78, 5) is 19.4. The van der Waals surface area contributed by atoms with E-state index < -0.39 is 16.0 Å². The van der Waals surface area contributed by atoms with Crippen molar-refractivity contribution in [2.75, 3.05) is 32.1 Å². The van der Waals surface area contributed by atoms with Crippen LogP contribution in [0.2, 0.25) is 0 Å². The molecule has 0 aliphatic carbocycles. The maximum Gasteiger partial charge on any atom is 0.340 e. The Balaban J connectivity index is 1.56. The van der Waals surface area contributed by atoms with E-state index in [1.807, 2.05) is 31.2 Å². The van der Waals surface area contributed by atoms with Gasteiger partial charge in [0.1, 0.15) is 0 Å². The van der Waals surface area contributed by atoms with Crippen molar-refractivity contribution in [1.82, 2.24) is 14.4 Å². The van der Waals surface area contributed by atoms with Crippen molar-refractivity contribution >= 4 is 21.7 Å². The molecule has 10 heteroatoms. The smallest absolute Gasteiger partial charge is 0.340 e. The van der Waals surface area contributed by atoms with Crippen molar-refractivity contribution in [2.45, 2.75) is 31.3 Å². The summed E-state index contributed by atoms with van der Waals surface area (Å²) in [5.41, 5.74) is 2.75. The van der Waals surface area contributed by atoms with Crippen LogP contribution < -0.4 is 4.90 Å². The van der Waals surface area contributed by atoms with E-state index in [2.05, 4.69) is 15.0 Å². The summed E-state index contributed by atoms with van der Waals surface area (Å²) in [6, 6.07) is 12.2. The summed E-state index contributed by atoms with van der Waals surface area (Å²) in [5.74, 6) is -0.0978. The molecule has 0 spiro atoms. The first-order valence-electron chi connectivity index (χ1n) is 10.6. The second-order valence-corrected chi connectivity index (χ2v) is 10.3. The molecular weight excluding hydrogens is 444 g/mol. The zero-order valence-electron chi connectivity index (χ0n) is 18.8. The predicted octanol–water partition coefficient (Wildman–Crippen LogP) is 3.25. The van der Waals surface area contributed by atoms with Crippen LogP contribution >= 0.6 is 0 Å². The summed E-state index contributed by atoms with van der Waals surface area (Å²) in [6.07, 6.45) is 2.02. The van der Waals surface area contributed by atoms with Gasteiger partial charge in [0.15, 0.2) is 6.61 Å². The molecule has 3 aromatic rings. The van der Waals surface area contributed by atoms with Gasteiger partial charge in [0.05, 0.1) is 16.1 Å². The number of hydrogen-bond acceptors (Lipinski definition) is 8. The van der Waals surface area contributed by atoms with Gasteiger partial charge in [-0.25, -0.2) is 17.5 Å². The number of aromatic nitrogens is 2. The van der Waals surface area contributed by atoms with Crippen molar-refractivity contribution in [3.63, 3.8) is 0 Å². The minimum absolute atomic E-state index is 0.0295. The Morgan fingerprint density at radius 2 is 1.82 bits per heavy atom. The lowest BCUT2D eigenvalue weighted by molar-refractivity contribution is 0.0430. The average molecular weight is 471 g/mol. The average Bonchev–Trinajstić information content (AvgIpc) is 3.50. The molecule has 2 heterocycles. The minimum atomic E-state index is -3.70. The zero-order chi connectivity index (χ0) is 23.6. The Labute approximate surface area is 193 Å². The van der Waals surface area contributed by atoms with Gasteiger partial charge in [0, 0.05) is 32.7 Å². The van der Waals surface area contributed by atoms with E-state index in [-0.39, 0.29) is 23.0 Å². The molecule has 1 aromatic heterocycles. The van der Waals surface area contributed by atoms with E-state index in [0.717, 1.165) is 41.4 Å². The number of carbonyl (C=O) groups excluding carboxylic acids is 1. The van der Waals surface area contributed by atoms with Crippen LogP contribution in [0.25, 0.3) is 11.4 Å². The fourth-order valence-electron chi connectivity index (χ4n) is 3.62. The summed E-state index contributed by atoms with van der Waals surface area (Å²) in [5, 5.41) is 3.94. The van der Waals surface area contributed by atoms with Gasteiger partial charge in [-0.3, -0.25) is 0 Å². The number of rotatable bonds is 7. The molecule has 4 rings (SSSR count). The number of carbonyl (C=O) groups is 1. The Kier molecular flexibility index (Phi) is 6.48. The van der Waals surface area contributed by atoms with Crippen molar-refractivity contribution in [3.8, 4) is 11.4 Å². The van der Waals surface area contributed by atoms with Crippen LogP contribution in [0.5, 0.6) is 0 Å². The molecule has 1 aliphatic rings. The van der Waals surface area contributed by atoms with Crippen LogP contribution in [0.4, 0.5) is 5.69 Å². The Bertz CT molecular complexity index is 1250. The number of aryl methyl sites for hydroxylation is 1. The van der Waals surface area contributed by atoms with Gasteiger partial charge in [-0.15, -0.1) is 0 Å². The number of nitrogens with zero attached hydrogens (tertiary/aromatic N) is 4. The van der Waals surface area contributed by atoms with Crippen LogP contribution in [0.15, 0.2) is 51.9 Å². The highest BCUT2D eigenvalue weighted by Crippen LogP contribution is 2.29. The van der Waals surface area contributed by atoms with Crippen LogP contribution in [0.1, 0.15) is 34.7 Å². The molecule has 174 valence electrons. The van der Waals surface area contributed by atoms with E-state index >= 15 is 0 Å². The van der Waals surface area contributed by atoms with E-state index in [0.29, 0.717) is 11.5 Å².